The Morgan fingerprint density at radius 1 is 1.32 bits per heavy atom. The monoisotopic (exact) mass is 295 g/mol. The van der Waals surface area contributed by atoms with Gasteiger partial charge in [-0.05, 0) is 38.0 Å². The van der Waals surface area contributed by atoms with Crippen LogP contribution in [0.3, 0.4) is 0 Å². The number of halogens is 2. The SMILES string of the molecule is Cc1ccc2c(Cl)cc(Cl)c(OC(=O)C3CC3)c2n1. The molecule has 1 aromatic carbocycles. The van der Waals surface area contributed by atoms with E-state index in [-0.39, 0.29) is 11.9 Å². The number of nitrogens with zero attached hydrogens (tertiary/aromatic N) is 1. The topological polar surface area (TPSA) is 39.2 Å². The molecule has 0 bridgehead atoms. The average Bonchev–Trinajstić information content (AvgIpc) is 3.18. The summed E-state index contributed by atoms with van der Waals surface area (Å²) < 4.78 is 5.40. The Morgan fingerprint density at radius 2 is 2.05 bits per heavy atom. The van der Waals surface area contributed by atoms with E-state index >= 15 is 0 Å². The summed E-state index contributed by atoms with van der Waals surface area (Å²) in [6.45, 7) is 1.86. The lowest BCUT2D eigenvalue weighted by Crippen LogP contribution is -2.10. The highest BCUT2D eigenvalue weighted by molar-refractivity contribution is 6.39. The molecule has 1 aliphatic carbocycles. The summed E-state index contributed by atoms with van der Waals surface area (Å²) in [4.78, 5) is 16.2. The minimum atomic E-state index is -0.242. The van der Waals surface area contributed by atoms with Crippen LogP contribution in [0.2, 0.25) is 10.0 Å². The first-order chi connectivity index (χ1) is 9.06. The van der Waals surface area contributed by atoms with E-state index in [1.54, 1.807) is 6.07 Å². The molecule has 1 saturated carbocycles. The van der Waals surface area contributed by atoms with E-state index in [1.807, 2.05) is 19.1 Å². The lowest BCUT2D eigenvalue weighted by molar-refractivity contribution is -0.135. The van der Waals surface area contributed by atoms with Crippen LogP contribution in [0.15, 0.2) is 18.2 Å². The van der Waals surface area contributed by atoms with Gasteiger partial charge in [0.25, 0.3) is 0 Å². The summed E-state index contributed by atoms with van der Waals surface area (Å²) in [5.74, 6) is 0.0714. The fourth-order valence-corrected chi connectivity index (χ4v) is 2.44. The molecule has 0 saturated heterocycles. The maximum absolute atomic E-state index is 11.8. The third-order valence-corrected chi connectivity index (χ3v) is 3.68. The molecule has 0 spiro atoms. The number of benzene rings is 1. The molecule has 5 heteroatoms. The molecule has 0 amide bonds. The Labute approximate surface area is 120 Å². The van der Waals surface area contributed by atoms with Crippen molar-refractivity contribution in [1.29, 1.82) is 0 Å². The van der Waals surface area contributed by atoms with Crippen LogP contribution >= 0.6 is 23.2 Å². The number of ether oxygens (including phenoxy) is 1. The fourth-order valence-electron chi connectivity index (χ4n) is 1.89. The predicted octanol–water partition coefficient (Wildman–Crippen LogP) is 4.17. The molecule has 2 aromatic rings. The van der Waals surface area contributed by atoms with E-state index in [9.17, 15) is 4.79 Å². The van der Waals surface area contributed by atoms with Crippen LogP contribution in [-0.4, -0.2) is 11.0 Å². The summed E-state index contributed by atoms with van der Waals surface area (Å²) in [5, 5.41) is 1.54. The van der Waals surface area contributed by atoms with E-state index in [2.05, 4.69) is 4.98 Å². The Morgan fingerprint density at radius 3 is 2.74 bits per heavy atom. The summed E-state index contributed by atoms with van der Waals surface area (Å²) in [7, 11) is 0. The smallest absolute Gasteiger partial charge is 0.314 e. The molecule has 3 rings (SSSR count). The van der Waals surface area contributed by atoms with E-state index in [0.717, 1.165) is 23.9 Å². The van der Waals surface area contributed by atoms with E-state index in [4.69, 9.17) is 27.9 Å². The average molecular weight is 296 g/mol. The molecule has 0 aliphatic heterocycles. The number of carbonyl (C=O) groups is 1. The molecule has 1 heterocycles. The van der Waals surface area contributed by atoms with E-state index in [0.29, 0.717) is 21.3 Å². The van der Waals surface area contributed by atoms with Gasteiger partial charge >= 0.3 is 5.97 Å². The molecule has 0 N–H and O–H groups in total. The van der Waals surface area contributed by atoms with Gasteiger partial charge in [-0.15, -0.1) is 0 Å². The normalized spacial score (nSPS) is 14.7. The predicted molar refractivity (Wildman–Crippen MR) is 74.9 cm³/mol. The van der Waals surface area contributed by atoms with Crippen molar-refractivity contribution in [1.82, 2.24) is 4.98 Å². The molecular weight excluding hydrogens is 285 g/mol. The minimum Gasteiger partial charge on any atom is -0.422 e. The van der Waals surface area contributed by atoms with Gasteiger partial charge in [0.05, 0.1) is 16.0 Å². The molecule has 3 nitrogen and oxygen atoms in total. The first-order valence-corrected chi connectivity index (χ1v) is 6.79. The summed E-state index contributed by atoms with van der Waals surface area (Å²) >= 11 is 12.3. The van der Waals surface area contributed by atoms with Gasteiger partial charge in [-0.2, -0.15) is 0 Å². The van der Waals surface area contributed by atoms with Gasteiger partial charge in [-0.3, -0.25) is 4.79 Å². The number of carbonyl (C=O) groups excluding carboxylic acids is 1. The fraction of sp³-hybridized carbons (Fsp3) is 0.286. The first-order valence-electron chi connectivity index (χ1n) is 6.03. The quantitative estimate of drug-likeness (QED) is 0.617. The van der Waals surface area contributed by atoms with Crippen molar-refractivity contribution in [2.45, 2.75) is 19.8 Å². The zero-order chi connectivity index (χ0) is 13.6. The number of fused-ring (bicyclic) bond motifs is 1. The van der Waals surface area contributed by atoms with Crippen LogP contribution in [0.1, 0.15) is 18.5 Å². The number of hydrogen-bond donors (Lipinski definition) is 0. The Kier molecular flexibility index (Phi) is 3.11. The van der Waals surface area contributed by atoms with Crippen LogP contribution in [0, 0.1) is 12.8 Å². The zero-order valence-corrected chi connectivity index (χ0v) is 11.8. The minimum absolute atomic E-state index is 0.00611. The highest BCUT2D eigenvalue weighted by atomic mass is 35.5. The van der Waals surface area contributed by atoms with Crippen LogP contribution in [0.5, 0.6) is 5.75 Å². The lowest BCUT2D eigenvalue weighted by atomic mass is 10.2. The van der Waals surface area contributed by atoms with Crippen molar-refractivity contribution in [2.24, 2.45) is 5.92 Å². The number of rotatable bonds is 2. The van der Waals surface area contributed by atoms with Crippen molar-refractivity contribution in [3.63, 3.8) is 0 Å². The molecule has 1 aromatic heterocycles. The molecule has 0 radical (unpaired) electrons. The number of hydrogen-bond acceptors (Lipinski definition) is 3. The van der Waals surface area contributed by atoms with Gasteiger partial charge < -0.3 is 4.74 Å². The molecule has 1 fully saturated rings. The second-order valence-corrected chi connectivity index (χ2v) is 5.53. The zero-order valence-electron chi connectivity index (χ0n) is 10.2. The van der Waals surface area contributed by atoms with Crippen molar-refractivity contribution in [3.8, 4) is 5.75 Å². The second kappa shape index (κ2) is 4.66. The van der Waals surface area contributed by atoms with Crippen LogP contribution in [0.4, 0.5) is 0 Å². The Balaban J connectivity index is 2.15. The largest absolute Gasteiger partial charge is 0.422 e. The highest BCUT2D eigenvalue weighted by Crippen LogP contribution is 2.39. The van der Waals surface area contributed by atoms with E-state index < -0.39 is 0 Å². The van der Waals surface area contributed by atoms with Crippen LogP contribution < -0.4 is 4.74 Å². The number of pyridine rings is 1. The number of aryl methyl sites for hydroxylation is 1. The van der Waals surface area contributed by atoms with Crippen molar-refractivity contribution in [2.75, 3.05) is 0 Å². The molecule has 0 unspecified atom stereocenters. The van der Waals surface area contributed by atoms with Gasteiger partial charge in [-0.25, -0.2) is 4.98 Å². The molecule has 0 atom stereocenters. The third kappa shape index (κ3) is 2.40. The Bertz CT molecular complexity index is 681. The van der Waals surface area contributed by atoms with Crippen molar-refractivity contribution in [3.05, 3.63) is 33.9 Å². The molecule has 98 valence electrons. The second-order valence-electron chi connectivity index (χ2n) is 4.71. The van der Waals surface area contributed by atoms with E-state index in [1.165, 1.54) is 0 Å². The molecular formula is C14H11Cl2NO2. The first kappa shape index (κ1) is 12.7. The third-order valence-electron chi connectivity index (χ3n) is 3.09. The van der Waals surface area contributed by atoms with Gasteiger partial charge in [0.2, 0.25) is 0 Å². The number of aromatic nitrogens is 1. The summed E-state index contributed by atoms with van der Waals surface area (Å²) in [6, 6.07) is 5.29. The lowest BCUT2D eigenvalue weighted by Gasteiger charge is -2.10. The van der Waals surface area contributed by atoms with Crippen LogP contribution in [0.25, 0.3) is 10.9 Å². The van der Waals surface area contributed by atoms with Gasteiger partial charge in [0.1, 0.15) is 5.52 Å². The van der Waals surface area contributed by atoms with Crippen molar-refractivity contribution < 1.29 is 9.53 Å². The van der Waals surface area contributed by atoms with Crippen molar-refractivity contribution >= 4 is 40.1 Å². The maximum atomic E-state index is 11.8. The summed E-state index contributed by atoms with van der Waals surface area (Å²) in [6.07, 6.45) is 1.77. The maximum Gasteiger partial charge on any atom is 0.314 e. The summed E-state index contributed by atoms with van der Waals surface area (Å²) in [5.41, 5.74) is 1.35. The van der Waals surface area contributed by atoms with Gasteiger partial charge in [0.15, 0.2) is 5.75 Å². The van der Waals surface area contributed by atoms with Gasteiger partial charge in [-0.1, -0.05) is 23.2 Å². The van der Waals surface area contributed by atoms with Crippen LogP contribution in [-0.2, 0) is 4.79 Å². The van der Waals surface area contributed by atoms with Gasteiger partial charge in [0, 0.05) is 11.1 Å². The standard InChI is InChI=1S/C14H11Cl2NO2/c1-7-2-5-9-10(15)6-11(16)13(12(9)17-7)19-14(18)8-3-4-8/h2,5-6,8H,3-4H2,1H3. The molecule has 1 aliphatic rings. The Hall–Kier alpha value is -1.32. The molecule has 19 heavy (non-hydrogen) atoms. The number of esters is 1. The highest BCUT2D eigenvalue weighted by Gasteiger charge is 2.32.